The van der Waals surface area contributed by atoms with Crippen molar-refractivity contribution in [1.82, 2.24) is 10.2 Å². The Kier molecular flexibility index (Phi) is 7.63. The molecule has 4 heteroatoms. The summed E-state index contributed by atoms with van der Waals surface area (Å²) in [5, 5.41) is 2.50. The van der Waals surface area contributed by atoms with Gasteiger partial charge >= 0.3 is 0 Å². The monoisotopic (exact) mass is 188 g/mol. The highest BCUT2D eigenvalue weighted by molar-refractivity contribution is 5.76. The van der Waals surface area contributed by atoms with Gasteiger partial charge in [-0.3, -0.25) is 4.79 Å². The zero-order chi connectivity index (χ0) is 10.1. The van der Waals surface area contributed by atoms with Crippen molar-refractivity contribution >= 4 is 5.91 Å². The van der Waals surface area contributed by atoms with Crippen LogP contribution in [0.25, 0.3) is 0 Å². The van der Waals surface area contributed by atoms with Gasteiger partial charge in [0, 0.05) is 13.6 Å². The molecule has 0 unspecified atom stereocenters. The number of hydrogen-bond donors (Lipinski definition) is 1. The Morgan fingerprint density at radius 1 is 1.46 bits per heavy atom. The lowest BCUT2D eigenvalue weighted by molar-refractivity contribution is -0.125. The van der Waals surface area contributed by atoms with E-state index in [2.05, 4.69) is 17.1 Å². The van der Waals surface area contributed by atoms with Gasteiger partial charge in [-0.25, -0.2) is 0 Å². The SMILES string of the molecule is CCCN(C)CCOCC(=O)NC. The number of amides is 1. The summed E-state index contributed by atoms with van der Waals surface area (Å²) in [6, 6.07) is 0. The molecule has 0 aliphatic carbocycles. The van der Waals surface area contributed by atoms with Crippen molar-refractivity contribution in [2.45, 2.75) is 13.3 Å². The van der Waals surface area contributed by atoms with Crippen LogP contribution in [-0.2, 0) is 9.53 Å². The average Bonchev–Trinajstić information content (AvgIpc) is 2.12. The summed E-state index contributed by atoms with van der Waals surface area (Å²) >= 11 is 0. The summed E-state index contributed by atoms with van der Waals surface area (Å²) in [5.74, 6) is -0.0712. The predicted molar refractivity (Wildman–Crippen MR) is 52.7 cm³/mol. The van der Waals surface area contributed by atoms with Crippen molar-refractivity contribution in [3.05, 3.63) is 0 Å². The summed E-state index contributed by atoms with van der Waals surface area (Å²) in [5.41, 5.74) is 0. The Morgan fingerprint density at radius 3 is 2.69 bits per heavy atom. The van der Waals surface area contributed by atoms with Crippen molar-refractivity contribution in [2.75, 3.05) is 40.4 Å². The van der Waals surface area contributed by atoms with Crippen LogP contribution in [0.5, 0.6) is 0 Å². The number of carbonyl (C=O) groups is 1. The summed E-state index contributed by atoms with van der Waals surface area (Å²) in [7, 11) is 3.65. The van der Waals surface area contributed by atoms with Crippen LogP contribution in [-0.4, -0.2) is 51.2 Å². The summed E-state index contributed by atoms with van der Waals surface area (Å²) in [6.45, 7) is 4.87. The molecule has 0 spiro atoms. The van der Waals surface area contributed by atoms with Gasteiger partial charge in [0.1, 0.15) is 6.61 Å². The highest BCUT2D eigenvalue weighted by Gasteiger charge is 1.98. The molecule has 4 nitrogen and oxygen atoms in total. The first-order valence-corrected chi connectivity index (χ1v) is 4.67. The Labute approximate surface area is 80.2 Å². The van der Waals surface area contributed by atoms with Crippen molar-refractivity contribution in [2.24, 2.45) is 0 Å². The molecule has 0 rings (SSSR count). The Balaban J connectivity index is 3.20. The highest BCUT2D eigenvalue weighted by Crippen LogP contribution is 1.86. The second kappa shape index (κ2) is 8.01. The second-order valence-corrected chi connectivity index (χ2v) is 3.03. The van der Waals surface area contributed by atoms with E-state index in [1.54, 1.807) is 7.05 Å². The molecule has 1 N–H and O–H groups in total. The maximum Gasteiger partial charge on any atom is 0.245 e. The molecule has 13 heavy (non-hydrogen) atoms. The second-order valence-electron chi connectivity index (χ2n) is 3.03. The van der Waals surface area contributed by atoms with E-state index in [1.165, 1.54) is 0 Å². The molecule has 0 aromatic rings. The molecule has 0 bridgehead atoms. The molecule has 0 saturated heterocycles. The first-order chi connectivity index (χ1) is 6.20. The van der Waals surface area contributed by atoms with E-state index in [1.807, 2.05) is 7.05 Å². The molecule has 0 heterocycles. The molecule has 0 aliphatic rings. The number of carbonyl (C=O) groups excluding carboxylic acids is 1. The Hall–Kier alpha value is -0.610. The predicted octanol–water partition coefficient (Wildman–Crippen LogP) is 0.0908. The minimum atomic E-state index is -0.0712. The molecule has 0 aromatic heterocycles. The van der Waals surface area contributed by atoms with Crippen molar-refractivity contribution in [1.29, 1.82) is 0 Å². The molecular weight excluding hydrogens is 168 g/mol. The molecule has 0 fully saturated rings. The van der Waals surface area contributed by atoms with Gasteiger partial charge < -0.3 is 15.0 Å². The Bertz CT molecular complexity index is 140. The number of nitrogens with zero attached hydrogens (tertiary/aromatic N) is 1. The quantitative estimate of drug-likeness (QED) is 0.576. The molecular formula is C9H20N2O2. The maximum atomic E-state index is 10.7. The Morgan fingerprint density at radius 2 is 2.15 bits per heavy atom. The lowest BCUT2D eigenvalue weighted by Gasteiger charge is -2.14. The first-order valence-electron chi connectivity index (χ1n) is 4.67. The van der Waals surface area contributed by atoms with Gasteiger partial charge in [0.05, 0.1) is 6.61 Å². The van der Waals surface area contributed by atoms with Gasteiger partial charge in [-0.15, -0.1) is 0 Å². The zero-order valence-electron chi connectivity index (χ0n) is 8.80. The average molecular weight is 188 g/mol. The number of rotatable bonds is 7. The first kappa shape index (κ1) is 12.4. The molecule has 0 atom stereocenters. The summed E-state index contributed by atoms with van der Waals surface area (Å²) in [6.07, 6.45) is 1.14. The summed E-state index contributed by atoms with van der Waals surface area (Å²) < 4.78 is 5.15. The van der Waals surface area contributed by atoms with Crippen molar-refractivity contribution < 1.29 is 9.53 Å². The van der Waals surface area contributed by atoms with Crippen LogP contribution in [0.1, 0.15) is 13.3 Å². The van der Waals surface area contributed by atoms with Gasteiger partial charge in [-0.1, -0.05) is 6.92 Å². The fraction of sp³-hybridized carbons (Fsp3) is 0.889. The van der Waals surface area contributed by atoms with Crippen LogP contribution in [0.15, 0.2) is 0 Å². The third-order valence-corrected chi connectivity index (χ3v) is 1.73. The van der Waals surface area contributed by atoms with E-state index in [0.717, 1.165) is 19.5 Å². The van der Waals surface area contributed by atoms with E-state index >= 15 is 0 Å². The van der Waals surface area contributed by atoms with Gasteiger partial charge in [0.15, 0.2) is 0 Å². The van der Waals surface area contributed by atoms with Crippen LogP contribution < -0.4 is 5.32 Å². The van der Waals surface area contributed by atoms with Crippen LogP contribution >= 0.6 is 0 Å². The fourth-order valence-corrected chi connectivity index (χ4v) is 0.951. The van der Waals surface area contributed by atoms with Gasteiger partial charge in [-0.2, -0.15) is 0 Å². The molecule has 0 radical (unpaired) electrons. The maximum absolute atomic E-state index is 10.7. The largest absolute Gasteiger partial charge is 0.370 e. The molecule has 0 saturated carbocycles. The van der Waals surface area contributed by atoms with Crippen LogP contribution in [0.3, 0.4) is 0 Å². The van der Waals surface area contributed by atoms with Gasteiger partial charge in [0.25, 0.3) is 0 Å². The van der Waals surface area contributed by atoms with E-state index < -0.39 is 0 Å². The summed E-state index contributed by atoms with van der Waals surface area (Å²) in [4.78, 5) is 12.9. The third-order valence-electron chi connectivity index (χ3n) is 1.73. The molecule has 0 aromatic carbocycles. The van der Waals surface area contributed by atoms with Gasteiger partial charge in [0.2, 0.25) is 5.91 Å². The molecule has 1 amide bonds. The fourth-order valence-electron chi connectivity index (χ4n) is 0.951. The number of nitrogens with one attached hydrogen (secondary N) is 1. The smallest absolute Gasteiger partial charge is 0.245 e. The minimum absolute atomic E-state index is 0.0712. The van der Waals surface area contributed by atoms with E-state index in [0.29, 0.717) is 6.61 Å². The number of likely N-dealkylation sites (N-methyl/N-ethyl adjacent to an activating group) is 2. The highest BCUT2D eigenvalue weighted by atomic mass is 16.5. The standard InChI is InChI=1S/C9H20N2O2/c1-4-5-11(3)6-7-13-8-9(12)10-2/h4-8H2,1-3H3,(H,10,12). The van der Waals surface area contributed by atoms with Crippen molar-refractivity contribution in [3.8, 4) is 0 Å². The number of ether oxygens (including phenoxy) is 1. The molecule has 0 aliphatic heterocycles. The third kappa shape index (κ3) is 7.74. The van der Waals surface area contributed by atoms with E-state index in [9.17, 15) is 4.79 Å². The topological polar surface area (TPSA) is 41.6 Å². The van der Waals surface area contributed by atoms with Crippen LogP contribution in [0.4, 0.5) is 0 Å². The normalized spacial score (nSPS) is 10.5. The lowest BCUT2D eigenvalue weighted by Crippen LogP contribution is -2.27. The van der Waals surface area contributed by atoms with E-state index in [4.69, 9.17) is 4.74 Å². The lowest BCUT2D eigenvalue weighted by atomic mass is 10.4. The minimum Gasteiger partial charge on any atom is -0.370 e. The zero-order valence-corrected chi connectivity index (χ0v) is 8.80. The molecule has 78 valence electrons. The van der Waals surface area contributed by atoms with Crippen LogP contribution in [0, 0.1) is 0 Å². The van der Waals surface area contributed by atoms with Crippen LogP contribution in [0.2, 0.25) is 0 Å². The van der Waals surface area contributed by atoms with E-state index in [-0.39, 0.29) is 12.5 Å². The van der Waals surface area contributed by atoms with Gasteiger partial charge in [-0.05, 0) is 20.0 Å². The number of hydrogen-bond acceptors (Lipinski definition) is 3. The van der Waals surface area contributed by atoms with Crippen molar-refractivity contribution in [3.63, 3.8) is 0 Å².